The average Bonchev–Trinajstić information content (AvgIpc) is 2.69. The Balaban J connectivity index is 2.43. The second kappa shape index (κ2) is 5.17. The number of H-pyrrole nitrogens is 1. The summed E-state index contributed by atoms with van der Waals surface area (Å²) in [6.07, 6.45) is 0. The molecule has 3 N–H and O–H groups in total. The minimum atomic E-state index is -4.11. The van der Waals surface area contributed by atoms with E-state index in [9.17, 15) is 17.2 Å². The van der Waals surface area contributed by atoms with E-state index in [0.717, 1.165) is 12.1 Å². The van der Waals surface area contributed by atoms with Gasteiger partial charge in [0, 0.05) is 6.07 Å². The van der Waals surface area contributed by atoms with Gasteiger partial charge >= 0.3 is 0 Å². The Bertz CT molecular complexity index is 723. The lowest BCUT2D eigenvalue weighted by atomic mass is 10.3. The van der Waals surface area contributed by atoms with E-state index in [2.05, 4.69) is 10.2 Å². The zero-order chi connectivity index (χ0) is 14.9. The van der Waals surface area contributed by atoms with Crippen molar-refractivity contribution < 1.29 is 22.3 Å². The van der Waals surface area contributed by atoms with Gasteiger partial charge in [0.25, 0.3) is 10.0 Å². The maximum absolute atomic E-state index is 13.0. The molecule has 0 bridgehead atoms. The molecule has 20 heavy (non-hydrogen) atoms. The van der Waals surface area contributed by atoms with E-state index in [1.807, 2.05) is 4.72 Å². The van der Waals surface area contributed by atoms with Gasteiger partial charge in [-0.3, -0.25) is 9.82 Å². The van der Waals surface area contributed by atoms with E-state index < -0.39 is 28.3 Å². The Morgan fingerprint density at radius 2 is 1.90 bits per heavy atom. The average molecular weight is 303 g/mol. The lowest BCUT2D eigenvalue weighted by Crippen LogP contribution is -2.15. The van der Waals surface area contributed by atoms with Gasteiger partial charge in [0.05, 0.1) is 18.0 Å². The van der Waals surface area contributed by atoms with Crippen LogP contribution in [0.25, 0.3) is 0 Å². The van der Waals surface area contributed by atoms with Crippen molar-refractivity contribution in [1.29, 1.82) is 0 Å². The molecule has 6 nitrogen and oxygen atoms in total. The van der Waals surface area contributed by atoms with Gasteiger partial charge in [-0.25, -0.2) is 17.2 Å². The number of rotatable bonds is 4. The maximum atomic E-state index is 13.0. The summed E-state index contributed by atoms with van der Waals surface area (Å²) in [5.74, 6) is -1.82. The first-order valence-electron chi connectivity index (χ1n) is 5.47. The minimum Gasteiger partial charge on any atom is -0.390 e. The summed E-state index contributed by atoms with van der Waals surface area (Å²) >= 11 is 0. The van der Waals surface area contributed by atoms with Crippen molar-refractivity contribution in [1.82, 2.24) is 10.2 Å². The lowest BCUT2D eigenvalue weighted by Gasteiger charge is -2.08. The first-order valence-corrected chi connectivity index (χ1v) is 6.95. The summed E-state index contributed by atoms with van der Waals surface area (Å²) in [6, 6.07) is 2.31. The molecule has 0 aliphatic rings. The predicted octanol–water partition coefficient (Wildman–Crippen LogP) is 1.29. The number of aromatic amines is 1. The van der Waals surface area contributed by atoms with Gasteiger partial charge in [0.15, 0.2) is 0 Å². The van der Waals surface area contributed by atoms with Crippen LogP contribution in [0.15, 0.2) is 23.1 Å². The molecule has 1 aromatic carbocycles. The van der Waals surface area contributed by atoms with Crippen molar-refractivity contribution in [3.05, 3.63) is 41.2 Å². The third kappa shape index (κ3) is 2.78. The second-order valence-corrected chi connectivity index (χ2v) is 5.67. The quantitative estimate of drug-likeness (QED) is 0.793. The van der Waals surface area contributed by atoms with Crippen LogP contribution in [0.3, 0.4) is 0 Å². The fourth-order valence-corrected chi connectivity index (χ4v) is 3.15. The van der Waals surface area contributed by atoms with Gasteiger partial charge in [0.1, 0.15) is 22.2 Å². The largest absolute Gasteiger partial charge is 0.390 e. The molecule has 0 radical (unpaired) electrons. The molecule has 9 heteroatoms. The monoisotopic (exact) mass is 303 g/mol. The fourth-order valence-electron chi connectivity index (χ4n) is 1.75. The molecule has 0 spiro atoms. The van der Waals surface area contributed by atoms with Crippen LogP contribution in [0.4, 0.5) is 14.5 Å². The molecule has 0 amide bonds. The maximum Gasteiger partial charge on any atom is 0.265 e. The predicted molar refractivity (Wildman–Crippen MR) is 66.4 cm³/mol. The molecular weight excluding hydrogens is 292 g/mol. The summed E-state index contributed by atoms with van der Waals surface area (Å²) in [4.78, 5) is -0.246. The molecule has 1 heterocycles. The summed E-state index contributed by atoms with van der Waals surface area (Å²) in [5.41, 5.74) is -0.128. The van der Waals surface area contributed by atoms with Crippen LogP contribution in [0, 0.1) is 18.6 Å². The first-order chi connectivity index (χ1) is 9.33. The Morgan fingerprint density at radius 3 is 2.45 bits per heavy atom. The summed E-state index contributed by atoms with van der Waals surface area (Å²) in [6.45, 7) is 0.866. The Kier molecular flexibility index (Phi) is 3.73. The number of aryl methyl sites for hydroxylation is 1. The van der Waals surface area contributed by atoms with Crippen LogP contribution in [-0.4, -0.2) is 23.7 Å². The van der Waals surface area contributed by atoms with Crippen LogP contribution < -0.4 is 4.72 Å². The molecule has 0 atom stereocenters. The number of anilines is 1. The third-order valence-electron chi connectivity index (χ3n) is 2.49. The third-order valence-corrected chi connectivity index (χ3v) is 4.08. The van der Waals surface area contributed by atoms with Crippen molar-refractivity contribution in [2.75, 3.05) is 4.72 Å². The van der Waals surface area contributed by atoms with Crippen molar-refractivity contribution >= 4 is 15.7 Å². The fraction of sp³-hybridized carbons (Fsp3) is 0.182. The Hall–Kier alpha value is -2.00. The first kappa shape index (κ1) is 14.4. The van der Waals surface area contributed by atoms with E-state index in [0.29, 0.717) is 6.07 Å². The Labute approximate surface area is 113 Å². The van der Waals surface area contributed by atoms with Crippen molar-refractivity contribution in [3.63, 3.8) is 0 Å². The smallest absolute Gasteiger partial charge is 0.265 e. The number of sulfonamides is 1. The van der Waals surface area contributed by atoms with Crippen molar-refractivity contribution in [2.24, 2.45) is 0 Å². The number of aliphatic hydroxyl groups is 1. The summed E-state index contributed by atoms with van der Waals surface area (Å²) < 4.78 is 52.4. The molecule has 108 valence electrons. The zero-order valence-electron chi connectivity index (χ0n) is 10.3. The second-order valence-electron chi connectivity index (χ2n) is 4.05. The normalized spacial score (nSPS) is 11.6. The van der Waals surface area contributed by atoms with Gasteiger partial charge in [-0.15, -0.1) is 0 Å². The molecule has 0 unspecified atom stereocenters. The molecule has 2 aromatic rings. The highest BCUT2D eigenvalue weighted by molar-refractivity contribution is 7.92. The van der Waals surface area contributed by atoms with E-state index in [1.165, 1.54) is 6.92 Å². The number of halogens is 2. The van der Waals surface area contributed by atoms with Gasteiger partial charge in [0.2, 0.25) is 0 Å². The topological polar surface area (TPSA) is 95.1 Å². The van der Waals surface area contributed by atoms with E-state index in [-0.39, 0.29) is 22.0 Å². The summed E-state index contributed by atoms with van der Waals surface area (Å²) in [7, 11) is -4.11. The number of aliphatic hydroxyl groups excluding tert-OH is 1. The number of aromatic nitrogens is 2. The number of hydrogen-bond donors (Lipinski definition) is 3. The standard InChI is InChI=1S/C11H11F2N3O3S/c1-6-11(10(5-17)15-14-6)20(18,19)16-9-3-7(12)2-8(13)4-9/h2-4,16-17H,5H2,1H3,(H,14,15). The van der Waals surface area contributed by atoms with Crippen LogP contribution >= 0.6 is 0 Å². The van der Waals surface area contributed by atoms with Gasteiger partial charge < -0.3 is 5.11 Å². The highest BCUT2D eigenvalue weighted by Crippen LogP contribution is 2.22. The highest BCUT2D eigenvalue weighted by Gasteiger charge is 2.24. The van der Waals surface area contributed by atoms with E-state index >= 15 is 0 Å². The lowest BCUT2D eigenvalue weighted by molar-refractivity contribution is 0.273. The molecule has 0 aliphatic carbocycles. The Morgan fingerprint density at radius 1 is 1.30 bits per heavy atom. The van der Waals surface area contributed by atoms with Crippen molar-refractivity contribution in [2.45, 2.75) is 18.4 Å². The molecule has 1 aromatic heterocycles. The van der Waals surface area contributed by atoms with Gasteiger partial charge in [-0.05, 0) is 19.1 Å². The SMILES string of the molecule is Cc1[nH]nc(CO)c1S(=O)(=O)Nc1cc(F)cc(F)c1. The molecule has 0 saturated heterocycles. The van der Waals surface area contributed by atoms with Crippen LogP contribution in [0.2, 0.25) is 0 Å². The number of hydrogen-bond acceptors (Lipinski definition) is 4. The van der Waals surface area contributed by atoms with Crippen LogP contribution in [-0.2, 0) is 16.6 Å². The molecule has 0 aliphatic heterocycles. The summed E-state index contributed by atoms with van der Waals surface area (Å²) in [5, 5.41) is 15.1. The number of nitrogens with zero attached hydrogens (tertiary/aromatic N) is 1. The van der Waals surface area contributed by atoms with Crippen molar-refractivity contribution in [3.8, 4) is 0 Å². The van der Waals surface area contributed by atoms with Crippen LogP contribution in [0.1, 0.15) is 11.4 Å². The van der Waals surface area contributed by atoms with E-state index in [4.69, 9.17) is 5.11 Å². The van der Waals surface area contributed by atoms with Crippen LogP contribution in [0.5, 0.6) is 0 Å². The number of nitrogens with one attached hydrogen (secondary N) is 2. The molecule has 0 saturated carbocycles. The molecular formula is C11H11F2N3O3S. The van der Waals surface area contributed by atoms with Gasteiger partial charge in [-0.1, -0.05) is 0 Å². The number of benzene rings is 1. The minimum absolute atomic E-state index is 0.0770. The highest BCUT2D eigenvalue weighted by atomic mass is 32.2. The molecule has 2 rings (SSSR count). The van der Waals surface area contributed by atoms with E-state index in [1.54, 1.807) is 0 Å². The molecule has 0 fully saturated rings. The van der Waals surface area contributed by atoms with Gasteiger partial charge in [-0.2, -0.15) is 5.10 Å². The zero-order valence-corrected chi connectivity index (χ0v) is 11.1.